The van der Waals surface area contributed by atoms with E-state index in [4.69, 9.17) is 34.8 Å². The van der Waals surface area contributed by atoms with Crippen LogP contribution in [0.3, 0.4) is 0 Å². The lowest BCUT2D eigenvalue weighted by molar-refractivity contribution is 0.593. The van der Waals surface area contributed by atoms with Crippen molar-refractivity contribution < 1.29 is 8.42 Å². The van der Waals surface area contributed by atoms with Crippen LogP contribution in [0.4, 0.5) is 0 Å². The van der Waals surface area contributed by atoms with Gasteiger partial charge < -0.3 is 0 Å². The van der Waals surface area contributed by atoms with Gasteiger partial charge in [0.2, 0.25) is 20.3 Å². The Morgan fingerprint density at radius 1 is 0.882 bits per heavy atom. The first-order valence-corrected chi connectivity index (χ1v) is 7.08. The molecule has 6 nitrogen and oxygen atoms in total. The molecule has 0 aromatic carbocycles. The van der Waals surface area contributed by atoms with Crippen molar-refractivity contribution in [3.05, 3.63) is 15.6 Å². The van der Waals surface area contributed by atoms with Crippen molar-refractivity contribution in [2.75, 3.05) is 6.26 Å². The Morgan fingerprint density at radius 3 is 2.00 bits per heavy atom. The van der Waals surface area contributed by atoms with E-state index < -0.39 is 15.0 Å². The Labute approximate surface area is 111 Å². The van der Waals surface area contributed by atoms with E-state index in [1.165, 1.54) is 0 Å². The summed E-state index contributed by atoms with van der Waals surface area (Å²) in [6.07, 6.45) is 0.954. The molecule has 17 heavy (non-hydrogen) atoms. The van der Waals surface area contributed by atoms with Gasteiger partial charge in [0.05, 0.1) is 0 Å². The lowest BCUT2D eigenvalue weighted by Crippen LogP contribution is -2.06. The van der Waals surface area contributed by atoms with Gasteiger partial charge in [-0.1, -0.05) is 23.2 Å². The van der Waals surface area contributed by atoms with Crippen LogP contribution in [0.25, 0.3) is 11.0 Å². The Bertz CT molecular complexity index is 719. The number of fused-ring (bicyclic) bond motifs is 1. The standard InChI is InChI=1S/C7H3Cl3N4O2S/c1-17(15,16)7-12-3-2(5(9)14-7)11-6(10)13-4(3)8/h1H3. The van der Waals surface area contributed by atoms with Gasteiger partial charge in [0.15, 0.2) is 10.3 Å². The van der Waals surface area contributed by atoms with E-state index in [1.807, 2.05) is 0 Å². The highest BCUT2D eigenvalue weighted by molar-refractivity contribution is 7.90. The predicted molar refractivity (Wildman–Crippen MR) is 63.3 cm³/mol. The maximum absolute atomic E-state index is 11.3. The summed E-state index contributed by atoms with van der Waals surface area (Å²) >= 11 is 17.2. The molecule has 0 aliphatic carbocycles. The molecule has 2 heterocycles. The van der Waals surface area contributed by atoms with E-state index in [9.17, 15) is 8.42 Å². The molecule has 0 aliphatic heterocycles. The maximum atomic E-state index is 11.3. The van der Waals surface area contributed by atoms with Crippen molar-refractivity contribution in [2.24, 2.45) is 0 Å². The largest absolute Gasteiger partial charge is 0.249 e. The molecule has 2 aromatic heterocycles. The van der Waals surface area contributed by atoms with Crippen molar-refractivity contribution in [3.63, 3.8) is 0 Å². The monoisotopic (exact) mass is 312 g/mol. The summed E-state index contributed by atoms with van der Waals surface area (Å²) in [7, 11) is -3.60. The van der Waals surface area contributed by atoms with E-state index in [-0.39, 0.29) is 26.6 Å². The van der Waals surface area contributed by atoms with Crippen LogP contribution in [-0.2, 0) is 9.84 Å². The minimum Gasteiger partial charge on any atom is -0.221 e. The van der Waals surface area contributed by atoms with Gasteiger partial charge in [-0.15, -0.1) is 0 Å². The summed E-state index contributed by atoms with van der Waals surface area (Å²) in [6, 6.07) is 0. The van der Waals surface area contributed by atoms with E-state index in [0.29, 0.717) is 0 Å². The molecule has 0 unspecified atom stereocenters. The number of rotatable bonds is 1. The average Bonchev–Trinajstić information content (AvgIpc) is 2.17. The summed E-state index contributed by atoms with van der Waals surface area (Å²) in [5.41, 5.74) is 0.139. The third-order valence-corrected chi connectivity index (χ3v) is 3.28. The van der Waals surface area contributed by atoms with E-state index in [2.05, 4.69) is 19.9 Å². The molecule has 0 spiro atoms. The quantitative estimate of drug-likeness (QED) is 0.589. The van der Waals surface area contributed by atoms with E-state index >= 15 is 0 Å². The van der Waals surface area contributed by atoms with Crippen molar-refractivity contribution in [1.82, 2.24) is 19.9 Å². The highest BCUT2D eigenvalue weighted by atomic mass is 35.5. The zero-order chi connectivity index (χ0) is 12.8. The number of nitrogens with zero attached hydrogens (tertiary/aromatic N) is 4. The Balaban J connectivity index is 2.92. The Hall–Kier alpha value is -0.760. The van der Waals surface area contributed by atoms with Crippen LogP contribution in [0, 0.1) is 0 Å². The number of hydrogen-bond acceptors (Lipinski definition) is 6. The minimum atomic E-state index is -3.60. The molecule has 0 radical (unpaired) electrons. The highest BCUT2D eigenvalue weighted by Gasteiger charge is 2.18. The SMILES string of the molecule is CS(=O)(=O)c1nc(Cl)c2nc(Cl)nc(Cl)c2n1. The summed E-state index contributed by atoms with van der Waals surface area (Å²) in [5, 5.41) is -0.807. The van der Waals surface area contributed by atoms with Crippen molar-refractivity contribution in [3.8, 4) is 0 Å². The molecule has 0 fully saturated rings. The van der Waals surface area contributed by atoms with Crippen molar-refractivity contribution in [1.29, 1.82) is 0 Å². The second-order valence-electron chi connectivity index (χ2n) is 3.05. The zero-order valence-corrected chi connectivity index (χ0v) is 11.2. The normalized spacial score (nSPS) is 12.0. The minimum absolute atomic E-state index is 0.0384. The Morgan fingerprint density at radius 2 is 1.41 bits per heavy atom. The van der Waals surface area contributed by atoms with Crippen molar-refractivity contribution in [2.45, 2.75) is 5.16 Å². The van der Waals surface area contributed by atoms with Gasteiger partial charge in [-0.2, -0.15) is 0 Å². The van der Waals surface area contributed by atoms with Gasteiger partial charge in [-0.25, -0.2) is 28.4 Å². The molecule has 0 saturated carbocycles. The smallest absolute Gasteiger partial charge is 0.221 e. The van der Waals surface area contributed by atoms with Gasteiger partial charge in [0, 0.05) is 6.26 Å². The first-order chi connectivity index (χ1) is 7.79. The molecule has 0 aliphatic rings. The summed E-state index contributed by atoms with van der Waals surface area (Å²) in [6.45, 7) is 0. The number of halogens is 3. The lowest BCUT2D eigenvalue weighted by atomic mass is 10.4. The Kier molecular flexibility index (Phi) is 3.11. The third-order valence-electron chi connectivity index (χ3n) is 1.74. The summed E-state index contributed by atoms with van der Waals surface area (Å²) in [4.78, 5) is 14.8. The average molecular weight is 314 g/mol. The lowest BCUT2D eigenvalue weighted by Gasteiger charge is -2.03. The van der Waals surface area contributed by atoms with E-state index in [1.54, 1.807) is 0 Å². The first kappa shape index (κ1) is 12.7. The fourth-order valence-electron chi connectivity index (χ4n) is 1.07. The van der Waals surface area contributed by atoms with Crippen LogP contribution in [0.1, 0.15) is 0 Å². The molecule has 90 valence electrons. The molecule has 2 rings (SSSR count). The fourth-order valence-corrected chi connectivity index (χ4v) is 2.27. The second kappa shape index (κ2) is 4.16. The molecular formula is C7H3Cl3N4O2S. The number of sulfone groups is 1. The van der Waals surface area contributed by atoms with Crippen LogP contribution in [-0.4, -0.2) is 34.6 Å². The van der Waals surface area contributed by atoms with Crippen LogP contribution < -0.4 is 0 Å². The zero-order valence-electron chi connectivity index (χ0n) is 8.15. The molecule has 0 saturated heterocycles. The topological polar surface area (TPSA) is 85.7 Å². The molecule has 10 heteroatoms. The molecule has 0 atom stereocenters. The predicted octanol–water partition coefficient (Wildman–Crippen LogP) is 1.78. The third kappa shape index (κ3) is 2.42. The van der Waals surface area contributed by atoms with Gasteiger partial charge in [-0.3, -0.25) is 0 Å². The van der Waals surface area contributed by atoms with E-state index in [0.717, 1.165) is 6.26 Å². The van der Waals surface area contributed by atoms with Gasteiger partial charge in [0.1, 0.15) is 11.0 Å². The molecular weight excluding hydrogens is 311 g/mol. The highest BCUT2D eigenvalue weighted by Crippen LogP contribution is 2.25. The van der Waals surface area contributed by atoms with Crippen LogP contribution in [0.5, 0.6) is 0 Å². The summed E-state index contributed by atoms with van der Waals surface area (Å²) in [5.74, 6) is 0. The van der Waals surface area contributed by atoms with Gasteiger partial charge >= 0.3 is 0 Å². The molecule has 2 aromatic rings. The molecule has 0 amide bonds. The molecule has 0 N–H and O–H groups in total. The summed E-state index contributed by atoms with van der Waals surface area (Å²) < 4.78 is 22.6. The number of aromatic nitrogens is 4. The first-order valence-electron chi connectivity index (χ1n) is 4.05. The van der Waals surface area contributed by atoms with Gasteiger partial charge in [0.25, 0.3) is 0 Å². The maximum Gasteiger partial charge on any atom is 0.249 e. The van der Waals surface area contributed by atoms with Crippen LogP contribution in [0.2, 0.25) is 15.6 Å². The van der Waals surface area contributed by atoms with Crippen LogP contribution in [0.15, 0.2) is 5.16 Å². The van der Waals surface area contributed by atoms with Gasteiger partial charge in [-0.05, 0) is 11.6 Å². The van der Waals surface area contributed by atoms with Crippen LogP contribution >= 0.6 is 34.8 Å². The fraction of sp³-hybridized carbons (Fsp3) is 0.143. The second-order valence-corrected chi connectivity index (χ2v) is 6.01. The molecule has 0 bridgehead atoms. The number of hydrogen-bond donors (Lipinski definition) is 0. The van der Waals surface area contributed by atoms with Crippen molar-refractivity contribution >= 4 is 55.7 Å².